The lowest BCUT2D eigenvalue weighted by atomic mass is 9.80. The Labute approximate surface area is 142 Å². The minimum Gasteiger partial charge on any atom is -0.475 e. The van der Waals surface area contributed by atoms with Crippen LogP contribution in [0.25, 0.3) is 0 Å². The van der Waals surface area contributed by atoms with Crippen molar-refractivity contribution in [3.63, 3.8) is 0 Å². The lowest BCUT2D eigenvalue weighted by Crippen LogP contribution is -2.29. The minimum absolute atomic E-state index is 0.126. The first kappa shape index (κ1) is 18.1. The Morgan fingerprint density at radius 3 is 2.00 bits per heavy atom. The molecule has 126 valence electrons. The van der Waals surface area contributed by atoms with E-state index in [2.05, 4.69) is 0 Å². The van der Waals surface area contributed by atoms with Gasteiger partial charge in [0.15, 0.2) is 16.9 Å². The molecular weight excluding hydrogens is 331 g/mol. The molecule has 0 radical (unpaired) electrons. The lowest BCUT2D eigenvalue weighted by molar-refractivity contribution is 0.0589. The molecule has 25 heavy (non-hydrogen) atoms. The van der Waals surface area contributed by atoms with Crippen molar-refractivity contribution in [2.75, 3.05) is 0 Å². The Bertz CT molecular complexity index is 903. The zero-order valence-electron chi connectivity index (χ0n) is 13.6. The first-order valence-corrected chi connectivity index (χ1v) is 7.24. The Balaban J connectivity index is 2.91. The summed E-state index contributed by atoms with van der Waals surface area (Å²) in [5.41, 5.74) is -2.79. The summed E-state index contributed by atoms with van der Waals surface area (Å²) in [5, 5.41) is 27.6. The molecule has 1 aliphatic rings. The molecule has 0 spiro atoms. The molecule has 1 heterocycles. The fourth-order valence-electron chi connectivity index (χ4n) is 3.11. The average Bonchev–Trinajstić information content (AvgIpc) is 2.80. The zero-order chi connectivity index (χ0) is 18.9. The van der Waals surface area contributed by atoms with Crippen LogP contribution in [0.1, 0.15) is 26.3 Å². The van der Waals surface area contributed by atoms with Crippen LogP contribution in [0.15, 0.2) is 34.6 Å². The summed E-state index contributed by atoms with van der Waals surface area (Å²) in [6.45, 7) is 4.67. The van der Waals surface area contributed by atoms with Crippen molar-refractivity contribution in [3.8, 4) is 18.2 Å². The molecule has 0 N–H and O–H groups in total. The molecule has 0 fully saturated rings. The predicted molar refractivity (Wildman–Crippen MR) is 80.5 cm³/mol. The number of allylic oxidation sites excluding steroid dienone is 2. The number of hydrogen-bond acceptors (Lipinski definition) is 4. The van der Waals surface area contributed by atoms with E-state index >= 15 is 0 Å². The smallest absolute Gasteiger partial charge is 0.172 e. The Hall–Kier alpha value is -3.24. The van der Waals surface area contributed by atoms with Crippen molar-refractivity contribution >= 4 is 0 Å². The molecular formula is C18H12F3N3O. The van der Waals surface area contributed by atoms with Crippen LogP contribution < -0.4 is 0 Å². The van der Waals surface area contributed by atoms with Crippen LogP contribution in [-0.4, -0.2) is 0 Å². The highest BCUT2D eigenvalue weighted by Crippen LogP contribution is 2.50. The number of nitrogens with zero attached hydrogens (tertiary/aromatic N) is 3. The van der Waals surface area contributed by atoms with Crippen LogP contribution in [-0.2, 0) is 10.3 Å². The maximum Gasteiger partial charge on any atom is 0.172 e. The summed E-state index contributed by atoms with van der Waals surface area (Å²) in [7, 11) is 0. The second-order valence-electron chi connectivity index (χ2n) is 5.86. The summed E-state index contributed by atoms with van der Waals surface area (Å²) in [6.07, 6.45) is 0. The van der Waals surface area contributed by atoms with Gasteiger partial charge in [-0.05, 0) is 12.8 Å². The van der Waals surface area contributed by atoms with Gasteiger partial charge in [0.1, 0.15) is 35.7 Å². The van der Waals surface area contributed by atoms with Gasteiger partial charge in [0, 0.05) is 17.7 Å². The highest BCUT2D eigenvalue weighted by Gasteiger charge is 2.48. The number of rotatable bonds is 2. The summed E-state index contributed by atoms with van der Waals surface area (Å²) >= 11 is 0. The number of hydrogen-bond donors (Lipinski definition) is 0. The van der Waals surface area contributed by atoms with E-state index < -0.39 is 40.1 Å². The highest BCUT2D eigenvalue weighted by molar-refractivity contribution is 5.59. The molecule has 0 aromatic heterocycles. The third kappa shape index (κ3) is 2.73. The zero-order valence-corrected chi connectivity index (χ0v) is 13.6. The van der Waals surface area contributed by atoms with Crippen molar-refractivity contribution in [2.24, 2.45) is 5.92 Å². The molecule has 1 aromatic carbocycles. The van der Waals surface area contributed by atoms with E-state index in [1.54, 1.807) is 26.0 Å². The molecule has 0 saturated carbocycles. The third-order valence-electron chi connectivity index (χ3n) is 3.94. The largest absolute Gasteiger partial charge is 0.475 e. The quantitative estimate of drug-likeness (QED) is 0.756. The van der Waals surface area contributed by atoms with Crippen LogP contribution in [0, 0.1) is 57.4 Å². The number of benzene rings is 1. The molecule has 0 saturated heterocycles. The van der Waals surface area contributed by atoms with Crippen molar-refractivity contribution in [2.45, 2.75) is 26.4 Å². The highest BCUT2D eigenvalue weighted by atomic mass is 19.1. The second-order valence-corrected chi connectivity index (χ2v) is 5.86. The van der Waals surface area contributed by atoms with E-state index in [0.717, 1.165) is 0 Å². The van der Waals surface area contributed by atoms with E-state index in [4.69, 9.17) is 15.3 Å². The molecule has 1 aromatic rings. The van der Waals surface area contributed by atoms with Crippen LogP contribution >= 0.6 is 0 Å². The van der Waals surface area contributed by atoms with Gasteiger partial charge in [-0.25, -0.2) is 13.2 Å². The Kier molecular flexibility index (Phi) is 4.59. The topological polar surface area (TPSA) is 80.6 Å². The van der Waals surface area contributed by atoms with Gasteiger partial charge in [-0.1, -0.05) is 13.8 Å². The van der Waals surface area contributed by atoms with E-state index in [0.29, 0.717) is 12.1 Å². The van der Waals surface area contributed by atoms with Crippen molar-refractivity contribution in [1.29, 1.82) is 15.8 Å². The van der Waals surface area contributed by atoms with E-state index in [9.17, 15) is 18.4 Å². The van der Waals surface area contributed by atoms with Crippen LogP contribution in [0.3, 0.4) is 0 Å². The third-order valence-corrected chi connectivity index (χ3v) is 3.94. The molecule has 1 atom stereocenters. The fraction of sp³-hybridized carbons (Fsp3) is 0.278. The van der Waals surface area contributed by atoms with Gasteiger partial charge in [-0.15, -0.1) is 0 Å². The first-order chi connectivity index (χ1) is 11.7. The Morgan fingerprint density at radius 2 is 1.60 bits per heavy atom. The normalized spacial score (nSPS) is 19.3. The van der Waals surface area contributed by atoms with E-state index in [1.165, 1.54) is 6.92 Å². The molecule has 0 bridgehead atoms. The van der Waals surface area contributed by atoms with E-state index in [-0.39, 0.29) is 16.9 Å². The average molecular weight is 343 g/mol. The van der Waals surface area contributed by atoms with Crippen LogP contribution in [0.2, 0.25) is 0 Å². The maximum atomic E-state index is 14.4. The van der Waals surface area contributed by atoms with Gasteiger partial charge in [-0.3, -0.25) is 0 Å². The van der Waals surface area contributed by atoms with Gasteiger partial charge >= 0.3 is 0 Å². The fourth-order valence-corrected chi connectivity index (χ4v) is 3.11. The number of ether oxygens (including phenoxy) is 1. The minimum atomic E-state index is -1.80. The molecule has 4 nitrogen and oxygen atoms in total. The van der Waals surface area contributed by atoms with Gasteiger partial charge in [0.05, 0.1) is 11.1 Å². The summed E-state index contributed by atoms with van der Waals surface area (Å²) in [5.74, 6) is -4.21. The van der Waals surface area contributed by atoms with Gasteiger partial charge in [0.2, 0.25) is 0 Å². The summed E-state index contributed by atoms with van der Waals surface area (Å²) in [4.78, 5) is 0. The monoisotopic (exact) mass is 343 g/mol. The summed E-state index contributed by atoms with van der Waals surface area (Å²) in [6, 6.07) is 6.07. The molecule has 7 heteroatoms. The molecule has 2 rings (SSSR count). The lowest BCUT2D eigenvalue weighted by Gasteiger charge is -2.30. The van der Waals surface area contributed by atoms with Gasteiger partial charge in [-0.2, -0.15) is 15.8 Å². The van der Waals surface area contributed by atoms with Gasteiger partial charge < -0.3 is 4.74 Å². The van der Waals surface area contributed by atoms with Crippen molar-refractivity contribution in [1.82, 2.24) is 0 Å². The van der Waals surface area contributed by atoms with Crippen LogP contribution in [0.4, 0.5) is 13.2 Å². The summed E-state index contributed by atoms with van der Waals surface area (Å²) < 4.78 is 47.6. The van der Waals surface area contributed by atoms with E-state index in [1.807, 2.05) is 6.07 Å². The Morgan fingerprint density at radius 1 is 1.08 bits per heavy atom. The first-order valence-electron chi connectivity index (χ1n) is 7.24. The van der Waals surface area contributed by atoms with Crippen molar-refractivity contribution in [3.05, 3.63) is 57.6 Å². The maximum absolute atomic E-state index is 14.4. The van der Waals surface area contributed by atoms with Gasteiger partial charge in [0.25, 0.3) is 0 Å². The molecule has 0 aliphatic carbocycles. The molecule has 1 aliphatic heterocycles. The van der Waals surface area contributed by atoms with Crippen molar-refractivity contribution < 1.29 is 17.9 Å². The number of halogens is 3. The van der Waals surface area contributed by atoms with Crippen LogP contribution in [0.5, 0.6) is 0 Å². The standard InChI is InChI=1S/C18H12F3N3O/c1-9(2)15-12(8-24)17(10(6-22)7-23)25-18(15,3)16-13(20)4-11(19)5-14(16)21/h4-5,9H,1-3H3. The predicted octanol–water partition coefficient (Wildman–Crippen LogP) is 4.13. The molecule has 1 unspecified atom stereocenters. The second kappa shape index (κ2) is 6.34. The SMILES string of the molecule is CC(C)C1=C(C#N)C(=C(C#N)C#N)OC1(C)c1c(F)cc(F)cc1F. The molecule has 0 amide bonds. The number of nitriles is 3.